The molecular formula is C69H47N. The third-order valence-electron chi connectivity index (χ3n) is 14.5. The van der Waals surface area contributed by atoms with E-state index >= 15 is 0 Å². The first-order valence-corrected chi connectivity index (χ1v) is 24.2. The number of benzene rings is 12. The number of hydrogen-bond donors (Lipinski definition) is 0. The fraction of sp³-hybridized carbons (Fsp3) is 0.0145. The lowest BCUT2D eigenvalue weighted by atomic mass is 9.68. The Balaban J connectivity index is 1.00. The normalized spacial score (nSPS) is 12.4. The summed E-state index contributed by atoms with van der Waals surface area (Å²) in [5.41, 5.74) is 19.8. The third kappa shape index (κ3) is 6.86. The van der Waals surface area contributed by atoms with Crippen molar-refractivity contribution < 1.29 is 0 Å². The summed E-state index contributed by atoms with van der Waals surface area (Å²) < 4.78 is 0. The largest absolute Gasteiger partial charge is 0.309 e. The van der Waals surface area contributed by atoms with Crippen LogP contribution in [0.1, 0.15) is 22.3 Å². The molecule has 0 spiro atoms. The van der Waals surface area contributed by atoms with Crippen LogP contribution in [0, 0.1) is 0 Å². The molecule has 1 aliphatic carbocycles. The molecule has 1 heteroatoms. The molecule has 0 saturated heterocycles. The minimum Gasteiger partial charge on any atom is -0.309 e. The van der Waals surface area contributed by atoms with Crippen molar-refractivity contribution in [2.45, 2.75) is 5.41 Å². The van der Waals surface area contributed by atoms with Crippen LogP contribution in [0.2, 0.25) is 0 Å². The van der Waals surface area contributed by atoms with Crippen molar-refractivity contribution in [2.24, 2.45) is 0 Å². The van der Waals surface area contributed by atoms with Gasteiger partial charge in [-0.2, -0.15) is 0 Å². The molecule has 0 heterocycles. The van der Waals surface area contributed by atoms with E-state index in [1.54, 1.807) is 0 Å². The number of hydrogen-bond acceptors (Lipinski definition) is 1. The van der Waals surface area contributed by atoms with Crippen LogP contribution >= 0.6 is 0 Å². The maximum Gasteiger partial charge on any atom is 0.0714 e. The molecule has 0 N–H and O–H groups in total. The van der Waals surface area contributed by atoms with Crippen molar-refractivity contribution in [2.75, 3.05) is 4.90 Å². The zero-order valence-corrected chi connectivity index (χ0v) is 38.6. The second-order valence-corrected chi connectivity index (χ2v) is 18.4. The summed E-state index contributed by atoms with van der Waals surface area (Å²) in [5, 5.41) is 5.00. The second-order valence-electron chi connectivity index (χ2n) is 18.4. The lowest BCUT2D eigenvalue weighted by Crippen LogP contribution is -2.28. The Kier molecular flexibility index (Phi) is 10.1. The lowest BCUT2D eigenvalue weighted by molar-refractivity contribution is 0.768. The summed E-state index contributed by atoms with van der Waals surface area (Å²) in [6, 6.07) is 105. The van der Waals surface area contributed by atoms with Gasteiger partial charge in [-0.25, -0.2) is 0 Å². The summed E-state index contributed by atoms with van der Waals surface area (Å²) in [5.74, 6) is 0. The molecule has 12 aromatic rings. The van der Waals surface area contributed by atoms with Crippen LogP contribution in [0.4, 0.5) is 17.1 Å². The number of rotatable bonds is 9. The van der Waals surface area contributed by atoms with E-state index in [-0.39, 0.29) is 0 Å². The highest BCUT2D eigenvalue weighted by Gasteiger charge is 2.47. The Labute approximate surface area is 409 Å². The Bertz CT molecular complexity index is 3820. The quantitative estimate of drug-likeness (QED) is 0.140. The molecular weight excluding hydrogens is 843 g/mol. The van der Waals surface area contributed by atoms with E-state index in [0.29, 0.717) is 0 Å². The van der Waals surface area contributed by atoms with Crippen LogP contribution in [0.25, 0.3) is 77.2 Å². The molecule has 1 aliphatic rings. The molecule has 0 aliphatic heterocycles. The summed E-state index contributed by atoms with van der Waals surface area (Å²) >= 11 is 0. The second kappa shape index (κ2) is 17.2. The van der Waals surface area contributed by atoms with Gasteiger partial charge in [0, 0.05) is 16.8 Å². The standard InChI is InChI=1S/C69H47N/c1-3-23-57(24-4-1)69(58-25-5-2-6-26-58)64-32-13-11-30-63(64)68-65(69)33-17-35-67(68)70(59-27-15-22-55(47-59)49-36-38-50(39-37-49)56-45-40-48-18-7-8-20-54(48)46-56)66-34-14-12-29-62(66)53-43-41-52(42-44-53)61-31-16-21-51-19-9-10-28-60(51)61/h1-47H. The highest BCUT2D eigenvalue weighted by atomic mass is 15.1. The number of fused-ring (bicyclic) bond motifs is 5. The topological polar surface area (TPSA) is 3.24 Å². The molecule has 0 radical (unpaired) electrons. The van der Waals surface area contributed by atoms with Gasteiger partial charge < -0.3 is 4.90 Å². The van der Waals surface area contributed by atoms with Gasteiger partial charge in [0.15, 0.2) is 0 Å². The van der Waals surface area contributed by atoms with Crippen LogP contribution in [0.5, 0.6) is 0 Å². The first-order valence-electron chi connectivity index (χ1n) is 24.2. The molecule has 0 atom stereocenters. The first-order chi connectivity index (χ1) is 34.7. The molecule has 0 fully saturated rings. The van der Waals surface area contributed by atoms with Crippen molar-refractivity contribution in [1.82, 2.24) is 0 Å². The molecule has 0 amide bonds. The van der Waals surface area contributed by atoms with E-state index in [4.69, 9.17) is 0 Å². The van der Waals surface area contributed by atoms with Crippen LogP contribution in [-0.4, -0.2) is 0 Å². The number of nitrogens with zero attached hydrogens (tertiary/aromatic N) is 1. The Hall–Kier alpha value is -9.04. The smallest absolute Gasteiger partial charge is 0.0714 e. The molecule has 0 saturated carbocycles. The van der Waals surface area contributed by atoms with E-state index in [0.717, 1.165) is 33.8 Å². The van der Waals surface area contributed by atoms with Crippen LogP contribution < -0.4 is 4.90 Å². The average molecular weight is 890 g/mol. The summed E-state index contributed by atoms with van der Waals surface area (Å²) in [6.07, 6.45) is 0. The van der Waals surface area contributed by atoms with E-state index in [1.165, 1.54) is 82.7 Å². The predicted octanol–water partition coefficient (Wildman–Crippen LogP) is 18.5. The maximum atomic E-state index is 2.52. The highest BCUT2D eigenvalue weighted by molar-refractivity contribution is 6.01. The Morgan fingerprint density at radius 1 is 0.257 bits per heavy atom. The van der Waals surface area contributed by atoms with Gasteiger partial charge in [-0.05, 0) is 119 Å². The van der Waals surface area contributed by atoms with Crippen LogP contribution in [-0.2, 0) is 5.41 Å². The number of anilines is 3. The summed E-state index contributed by atoms with van der Waals surface area (Å²) in [4.78, 5) is 2.52. The molecule has 0 unspecified atom stereocenters. The SMILES string of the molecule is c1ccc(C2(c3ccccc3)c3ccccc3-c3c(N(c4cccc(-c5ccc(-c6ccc7ccccc7c6)cc5)c4)c4ccccc4-c4ccc(-c5cccc6ccccc56)cc4)cccc32)cc1. The molecule has 0 aromatic heterocycles. The van der Waals surface area contributed by atoms with E-state index < -0.39 is 5.41 Å². The molecule has 12 aromatic carbocycles. The average Bonchev–Trinajstić information content (AvgIpc) is 3.75. The van der Waals surface area contributed by atoms with Gasteiger partial charge in [-0.15, -0.1) is 0 Å². The molecule has 13 rings (SSSR count). The molecule has 0 bridgehead atoms. The monoisotopic (exact) mass is 889 g/mol. The minimum atomic E-state index is -0.540. The minimum absolute atomic E-state index is 0.540. The first kappa shape index (κ1) is 41.2. The maximum absolute atomic E-state index is 2.52. The van der Waals surface area contributed by atoms with E-state index in [1.807, 2.05) is 0 Å². The zero-order valence-electron chi connectivity index (χ0n) is 38.6. The number of para-hydroxylation sites is 1. The van der Waals surface area contributed by atoms with Crippen molar-refractivity contribution in [3.63, 3.8) is 0 Å². The fourth-order valence-electron chi connectivity index (χ4n) is 11.3. The highest BCUT2D eigenvalue weighted by Crippen LogP contribution is 2.60. The van der Waals surface area contributed by atoms with Crippen molar-refractivity contribution in [3.8, 4) is 55.6 Å². The van der Waals surface area contributed by atoms with E-state index in [2.05, 4.69) is 290 Å². The predicted molar refractivity (Wildman–Crippen MR) is 295 cm³/mol. The summed E-state index contributed by atoms with van der Waals surface area (Å²) in [6.45, 7) is 0. The molecule has 70 heavy (non-hydrogen) atoms. The van der Waals surface area contributed by atoms with Crippen LogP contribution in [0.15, 0.2) is 285 Å². The summed E-state index contributed by atoms with van der Waals surface area (Å²) in [7, 11) is 0. The molecule has 1 nitrogen and oxygen atoms in total. The van der Waals surface area contributed by atoms with Gasteiger partial charge in [0.2, 0.25) is 0 Å². The zero-order chi connectivity index (χ0) is 46.4. The van der Waals surface area contributed by atoms with Gasteiger partial charge in [0.25, 0.3) is 0 Å². The van der Waals surface area contributed by atoms with Crippen molar-refractivity contribution in [1.29, 1.82) is 0 Å². The molecule has 328 valence electrons. The van der Waals surface area contributed by atoms with Gasteiger partial charge in [-0.3, -0.25) is 0 Å². The van der Waals surface area contributed by atoms with Gasteiger partial charge in [-0.1, -0.05) is 255 Å². The van der Waals surface area contributed by atoms with Crippen molar-refractivity contribution >= 4 is 38.6 Å². The van der Waals surface area contributed by atoms with Crippen molar-refractivity contribution in [3.05, 3.63) is 307 Å². The lowest BCUT2D eigenvalue weighted by Gasteiger charge is -2.34. The van der Waals surface area contributed by atoms with Gasteiger partial charge in [0.05, 0.1) is 16.8 Å². The third-order valence-corrected chi connectivity index (χ3v) is 14.5. The Morgan fingerprint density at radius 3 is 1.49 bits per heavy atom. The Morgan fingerprint density at radius 2 is 0.743 bits per heavy atom. The van der Waals surface area contributed by atoms with Crippen LogP contribution in [0.3, 0.4) is 0 Å². The van der Waals surface area contributed by atoms with E-state index in [9.17, 15) is 0 Å². The van der Waals surface area contributed by atoms with Gasteiger partial charge >= 0.3 is 0 Å². The fourth-order valence-corrected chi connectivity index (χ4v) is 11.3. The van der Waals surface area contributed by atoms with Gasteiger partial charge in [0.1, 0.15) is 0 Å².